The van der Waals surface area contributed by atoms with E-state index in [1.165, 1.54) is 6.08 Å². The van der Waals surface area contributed by atoms with Gasteiger partial charge in [0.1, 0.15) is 23.3 Å². The lowest BCUT2D eigenvalue weighted by molar-refractivity contribution is -0.110. The highest BCUT2D eigenvalue weighted by atomic mass is 16.1. The molecule has 0 atom stereocenters. The minimum atomic E-state index is -0.126. The molecular formula is C32H18N8O. The van der Waals surface area contributed by atoms with E-state index in [-0.39, 0.29) is 5.78 Å². The number of H-pyrrole nitrogens is 1. The Labute approximate surface area is 232 Å². The summed E-state index contributed by atoms with van der Waals surface area (Å²) in [5, 5.41) is 9.06. The normalized spacial score (nSPS) is 17.9. The second-order valence-electron chi connectivity index (χ2n) is 10.0. The van der Waals surface area contributed by atoms with Gasteiger partial charge in [0.15, 0.2) is 29.1 Å². The van der Waals surface area contributed by atoms with Crippen LogP contribution < -0.4 is 10.6 Å². The van der Waals surface area contributed by atoms with Gasteiger partial charge in [-0.2, -0.15) is 0 Å². The number of anilines is 2. The second-order valence-corrected chi connectivity index (χ2v) is 10.0. The number of benzene rings is 3. The smallest absolute Gasteiger partial charge is 0.179 e. The predicted octanol–water partition coefficient (Wildman–Crippen LogP) is 5.11. The number of amidine groups is 5. The fourth-order valence-corrected chi connectivity index (χ4v) is 5.69. The largest absolute Gasteiger partial charge is 0.327 e. The van der Waals surface area contributed by atoms with Gasteiger partial charge in [0.05, 0.1) is 0 Å². The molecule has 9 nitrogen and oxygen atoms in total. The molecule has 8 bridgehead atoms. The maximum atomic E-state index is 12.4. The molecule has 41 heavy (non-hydrogen) atoms. The first kappa shape index (κ1) is 21.9. The van der Waals surface area contributed by atoms with Crippen molar-refractivity contribution in [1.29, 1.82) is 0 Å². The van der Waals surface area contributed by atoms with Crippen molar-refractivity contribution in [3.8, 4) is 0 Å². The van der Waals surface area contributed by atoms with E-state index in [1.807, 2.05) is 60.7 Å². The zero-order chi connectivity index (χ0) is 27.1. The predicted molar refractivity (Wildman–Crippen MR) is 161 cm³/mol. The van der Waals surface area contributed by atoms with Gasteiger partial charge in [0.25, 0.3) is 0 Å². The molecular weight excluding hydrogens is 512 g/mol. The first-order chi connectivity index (χ1) is 20.2. The highest BCUT2D eigenvalue weighted by Crippen LogP contribution is 2.35. The minimum Gasteiger partial charge on any atom is -0.327 e. The van der Waals surface area contributed by atoms with Crippen LogP contribution in [0.15, 0.2) is 133 Å². The number of carbonyl (C=O) groups is 1. The van der Waals surface area contributed by atoms with Crippen LogP contribution in [0.4, 0.5) is 11.6 Å². The van der Waals surface area contributed by atoms with Crippen molar-refractivity contribution in [2.24, 2.45) is 25.0 Å². The molecule has 4 aromatic rings. The van der Waals surface area contributed by atoms with Crippen LogP contribution in [0.2, 0.25) is 0 Å². The lowest BCUT2D eigenvalue weighted by Crippen LogP contribution is -2.13. The van der Waals surface area contributed by atoms with Gasteiger partial charge in [-0.3, -0.25) is 4.79 Å². The summed E-state index contributed by atoms with van der Waals surface area (Å²) < 4.78 is 0. The van der Waals surface area contributed by atoms with Gasteiger partial charge < -0.3 is 15.6 Å². The van der Waals surface area contributed by atoms with E-state index in [4.69, 9.17) is 25.0 Å². The topological polar surface area (TPSA) is 119 Å². The number of hydrogen-bond donors (Lipinski definition) is 3. The van der Waals surface area contributed by atoms with Gasteiger partial charge in [0, 0.05) is 44.2 Å². The Kier molecular flexibility index (Phi) is 4.29. The zero-order valence-electron chi connectivity index (χ0n) is 21.3. The molecule has 0 fully saturated rings. The van der Waals surface area contributed by atoms with Crippen LogP contribution in [-0.2, 0) is 4.79 Å². The minimum absolute atomic E-state index is 0.126. The highest BCUT2D eigenvalue weighted by Gasteiger charge is 2.31. The summed E-state index contributed by atoms with van der Waals surface area (Å²) in [6, 6.07) is 24.0. The zero-order valence-corrected chi connectivity index (χ0v) is 21.3. The van der Waals surface area contributed by atoms with Crippen LogP contribution in [-0.4, -0.2) is 39.9 Å². The lowest BCUT2D eigenvalue weighted by Gasteiger charge is -2.07. The van der Waals surface area contributed by atoms with Crippen molar-refractivity contribution >= 4 is 57.4 Å². The van der Waals surface area contributed by atoms with Crippen molar-refractivity contribution in [3.63, 3.8) is 0 Å². The quantitative estimate of drug-likeness (QED) is 0.293. The number of aromatic nitrogens is 1. The number of hydrogen-bond acceptors (Lipinski definition) is 8. The van der Waals surface area contributed by atoms with E-state index in [0.29, 0.717) is 40.6 Å². The van der Waals surface area contributed by atoms with Crippen LogP contribution >= 0.6 is 0 Å². The van der Waals surface area contributed by atoms with Crippen LogP contribution in [0.25, 0.3) is 10.8 Å². The summed E-state index contributed by atoms with van der Waals surface area (Å²) in [6.07, 6.45) is 4.82. The Hall–Kier alpha value is -5.96. The Morgan fingerprint density at radius 2 is 1.07 bits per heavy atom. The average molecular weight is 531 g/mol. The van der Waals surface area contributed by atoms with Crippen molar-refractivity contribution < 1.29 is 4.79 Å². The summed E-state index contributed by atoms with van der Waals surface area (Å²) in [5.74, 6) is 4.67. The maximum absolute atomic E-state index is 12.4. The molecule has 9 heteroatoms. The summed E-state index contributed by atoms with van der Waals surface area (Å²) in [7, 11) is 0. The second kappa shape index (κ2) is 8.03. The number of nitrogens with one attached hydrogen (secondary N) is 3. The Morgan fingerprint density at radius 3 is 1.71 bits per heavy atom. The number of carbonyl (C=O) groups excluding carboxylic acids is 1. The van der Waals surface area contributed by atoms with E-state index in [9.17, 15) is 4.79 Å². The molecule has 9 rings (SSSR count). The molecule has 0 amide bonds. The van der Waals surface area contributed by atoms with Crippen molar-refractivity contribution in [3.05, 3.63) is 130 Å². The third-order valence-corrected chi connectivity index (χ3v) is 7.59. The monoisotopic (exact) mass is 530 g/mol. The molecule has 1 aliphatic carbocycles. The molecule has 3 aromatic carbocycles. The number of fused-ring (bicyclic) bond motifs is 16. The van der Waals surface area contributed by atoms with E-state index in [1.54, 1.807) is 12.2 Å². The lowest BCUT2D eigenvalue weighted by atomic mass is 10.00. The number of nitrogens with zero attached hydrogens (tertiary/aromatic N) is 5. The summed E-state index contributed by atoms with van der Waals surface area (Å²) in [4.78, 5) is 40.3. The SMILES string of the molecule is O=C1C=CC2=C3N=C(N=C4N=C(Nc5[nH]c(c6ccccc56)NC5=NC(=N3)c3ccccc35)c3ccccc34)C2=C1. The molecule has 5 aliphatic rings. The molecule has 5 heterocycles. The molecule has 0 unspecified atom stereocenters. The Balaban J connectivity index is 1.33. The summed E-state index contributed by atoms with van der Waals surface area (Å²) in [5.41, 5.74) is 4.95. The molecule has 0 spiro atoms. The van der Waals surface area contributed by atoms with Gasteiger partial charge in [-0.15, -0.1) is 0 Å². The van der Waals surface area contributed by atoms with Crippen LogP contribution in [0, 0.1) is 0 Å². The van der Waals surface area contributed by atoms with Gasteiger partial charge in [-0.25, -0.2) is 25.0 Å². The molecule has 3 N–H and O–H groups in total. The standard InChI is InChI=1S/C32H18N8O/c41-16-13-14-23-24(15-16)32-39-30-22-12-6-5-11-21(22)28(37-30)35-26-18-8-2-1-7-17(18)25(33-26)34-27-19-9-3-4-10-20(19)29(36-27)38-31(23)40-32/h1-15,33H,(H,34,36,38)(H,35,37,39,40). The first-order valence-corrected chi connectivity index (χ1v) is 13.2. The number of allylic oxidation sites excluding steroid dienone is 3. The molecule has 0 radical (unpaired) electrons. The first-order valence-electron chi connectivity index (χ1n) is 13.2. The summed E-state index contributed by atoms with van der Waals surface area (Å²) in [6.45, 7) is 0. The fourth-order valence-electron chi connectivity index (χ4n) is 5.69. The summed E-state index contributed by atoms with van der Waals surface area (Å²) >= 11 is 0. The molecule has 0 saturated carbocycles. The molecule has 0 saturated heterocycles. The Morgan fingerprint density at radius 1 is 0.537 bits per heavy atom. The average Bonchev–Trinajstić information content (AvgIpc) is 3.72. The number of rotatable bonds is 0. The van der Waals surface area contributed by atoms with Crippen LogP contribution in [0.3, 0.4) is 0 Å². The van der Waals surface area contributed by atoms with E-state index in [2.05, 4.69) is 27.8 Å². The van der Waals surface area contributed by atoms with E-state index in [0.717, 1.165) is 50.2 Å². The third kappa shape index (κ3) is 3.23. The van der Waals surface area contributed by atoms with Gasteiger partial charge >= 0.3 is 0 Å². The number of ketones is 1. The number of aliphatic imine (C=N–C) groups is 5. The third-order valence-electron chi connectivity index (χ3n) is 7.59. The highest BCUT2D eigenvalue weighted by molar-refractivity contribution is 6.31. The molecule has 192 valence electrons. The molecule has 4 aliphatic heterocycles. The van der Waals surface area contributed by atoms with Gasteiger partial charge in [0.2, 0.25) is 0 Å². The van der Waals surface area contributed by atoms with Crippen molar-refractivity contribution in [1.82, 2.24) is 4.98 Å². The van der Waals surface area contributed by atoms with Crippen molar-refractivity contribution in [2.75, 3.05) is 10.6 Å². The Bertz CT molecular complexity index is 2170. The fraction of sp³-hybridized carbons (Fsp3) is 0. The maximum Gasteiger partial charge on any atom is 0.179 e. The van der Waals surface area contributed by atoms with Gasteiger partial charge in [-0.05, 0) is 18.2 Å². The van der Waals surface area contributed by atoms with Crippen LogP contribution in [0.5, 0.6) is 0 Å². The van der Waals surface area contributed by atoms with Crippen LogP contribution in [0.1, 0.15) is 22.3 Å². The number of aromatic amines is 1. The molecule has 1 aromatic heterocycles. The van der Waals surface area contributed by atoms with E-state index < -0.39 is 0 Å². The van der Waals surface area contributed by atoms with E-state index >= 15 is 0 Å². The van der Waals surface area contributed by atoms with Crippen molar-refractivity contribution in [2.45, 2.75) is 0 Å². The van der Waals surface area contributed by atoms with Gasteiger partial charge in [-0.1, -0.05) is 72.8 Å².